The predicted molar refractivity (Wildman–Crippen MR) is 67.2 cm³/mol. The molecule has 1 heterocycles. The Labute approximate surface area is 112 Å². The number of carboxylic acid groups (broad SMARTS) is 1. The molecule has 6 heteroatoms. The Kier molecular flexibility index (Phi) is 3.28. The lowest BCUT2D eigenvalue weighted by atomic mass is 10.1. The quantitative estimate of drug-likeness (QED) is 0.766. The normalized spacial score (nSPS) is 29.0. The molecule has 1 N–H and O–H groups in total. The average molecular weight is 268 g/mol. The molecule has 1 saturated carbocycles. The van der Waals surface area contributed by atoms with E-state index in [0.29, 0.717) is 26.2 Å². The minimum atomic E-state index is -0.897. The van der Waals surface area contributed by atoms with E-state index in [1.807, 2.05) is 13.8 Å². The van der Waals surface area contributed by atoms with Gasteiger partial charge in [-0.05, 0) is 5.41 Å². The van der Waals surface area contributed by atoms with E-state index in [9.17, 15) is 14.4 Å². The van der Waals surface area contributed by atoms with Crippen LogP contribution < -0.4 is 0 Å². The van der Waals surface area contributed by atoms with Gasteiger partial charge in [-0.3, -0.25) is 14.4 Å². The molecule has 2 aliphatic rings. The van der Waals surface area contributed by atoms with Gasteiger partial charge in [-0.2, -0.15) is 0 Å². The molecule has 0 aromatic rings. The fraction of sp³-hybridized carbons (Fsp3) is 0.769. The lowest BCUT2D eigenvalue weighted by Gasteiger charge is -2.34. The fourth-order valence-electron chi connectivity index (χ4n) is 3.00. The second kappa shape index (κ2) is 4.51. The third-order valence-electron chi connectivity index (χ3n) is 4.40. The number of carbonyl (C=O) groups excluding carboxylic acids is 2. The maximum absolute atomic E-state index is 12.3. The number of nitrogens with zero attached hydrogens (tertiary/aromatic N) is 2. The first-order valence-electron chi connectivity index (χ1n) is 6.54. The average Bonchev–Trinajstić information content (AvgIpc) is 2.91. The Bertz CT molecular complexity index is 424. The summed E-state index contributed by atoms with van der Waals surface area (Å²) < 4.78 is 0. The van der Waals surface area contributed by atoms with Crippen LogP contribution in [0.5, 0.6) is 0 Å². The van der Waals surface area contributed by atoms with E-state index in [1.54, 1.807) is 9.80 Å². The Balaban J connectivity index is 1.96. The van der Waals surface area contributed by atoms with Gasteiger partial charge in [0.1, 0.15) is 0 Å². The molecule has 0 unspecified atom stereocenters. The van der Waals surface area contributed by atoms with E-state index >= 15 is 0 Å². The first kappa shape index (κ1) is 13.8. The van der Waals surface area contributed by atoms with Crippen LogP contribution >= 0.6 is 0 Å². The second-order valence-electron chi connectivity index (χ2n) is 5.95. The number of hydrogen-bond acceptors (Lipinski definition) is 3. The summed E-state index contributed by atoms with van der Waals surface area (Å²) in [4.78, 5) is 38.0. The molecule has 1 aliphatic carbocycles. The highest BCUT2D eigenvalue weighted by atomic mass is 16.4. The highest BCUT2D eigenvalue weighted by Crippen LogP contribution is 2.59. The Hall–Kier alpha value is -1.59. The number of carbonyl (C=O) groups is 3. The zero-order valence-corrected chi connectivity index (χ0v) is 11.5. The largest absolute Gasteiger partial charge is 0.481 e. The molecule has 0 spiro atoms. The molecule has 6 nitrogen and oxygen atoms in total. The van der Waals surface area contributed by atoms with Crippen LogP contribution in [-0.2, 0) is 14.4 Å². The van der Waals surface area contributed by atoms with Crippen molar-refractivity contribution in [2.45, 2.75) is 20.8 Å². The third kappa shape index (κ3) is 2.31. The van der Waals surface area contributed by atoms with E-state index < -0.39 is 23.2 Å². The molecule has 0 aromatic carbocycles. The number of carboxylic acids is 1. The number of aliphatic carboxylic acids is 1. The van der Waals surface area contributed by atoms with E-state index in [0.717, 1.165) is 0 Å². The van der Waals surface area contributed by atoms with Gasteiger partial charge >= 0.3 is 5.97 Å². The Morgan fingerprint density at radius 2 is 1.47 bits per heavy atom. The molecule has 0 radical (unpaired) electrons. The summed E-state index contributed by atoms with van der Waals surface area (Å²) >= 11 is 0. The van der Waals surface area contributed by atoms with Crippen molar-refractivity contribution in [3.63, 3.8) is 0 Å². The summed E-state index contributed by atoms with van der Waals surface area (Å²) in [6.07, 6.45) is 0. The zero-order valence-electron chi connectivity index (χ0n) is 11.5. The van der Waals surface area contributed by atoms with Crippen molar-refractivity contribution >= 4 is 17.8 Å². The van der Waals surface area contributed by atoms with Crippen LogP contribution in [0.15, 0.2) is 0 Å². The Morgan fingerprint density at radius 1 is 1.00 bits per heavy atom. The molecule has 0 aromatic heterocycles. The number of amides is 2. The van der Waals surface area contributed by atoms with Gasteiger partial charge in [0.05, 0.1) is 11.8 Å². The highest BCUT2D eigenvalue weighted by Gasteiger charge is 2.66. The molecule has 106 valence electrons. The van der Waals surface area contributed by atoms with Crippen LogP contribution in [0, 0.1) is 17.3 Å². The van der Waals surface area contributed by atoms with Crippen molar-refractivity contribution in [2.24, 2.45) is 17.3 Å². The molecule has 2 amide bonds. The van der Waals surface area contributed by atoms with Crippen LogP contribution in [-0.4, -0.2) is 58.9 Å². The second-order valence-corrected chi connectivity index (χ2v) is 5.95. The molecule has 2 fully saturated rings. The maximum Gasteiger partial charge on any atom is 0.307 e. The first-order chi connectivity index (χ1) is 8.76. The number of hydrogen-bond donors (Lipinski definition) is 1. The smallest absolute Gasteiger partial charge is 0.307 e. The van der Waals surface area contributed by atoms with Crippen molar-refractivity contribution in [1.29, 1.82) is 0 Å². The highest BCUT2D eigenvalue weighted by molar-refractivity contribution is 5.91. The third-order valence-corrected chi connectivity index (χ3v) is 4.40. The summed E-state index contributed by atoms with van der Waals surface area (Å²) in [5.74, 6) is -1.96. The van der Waals surface area contributed by atoms with Gasteiger partial charge in [0.25, 0.3) is 0 Å². The standard InChI is InChI=1S/C13H20N2O4/c1-8(16)14-4-6-15(7-5-14)11(17)9-10(12(18)19)13(9,2)3/h9-10H,4-7H2,1-3H3,(H,18,19)/t9-,10+/m1/s1. The van der Waals surface area contributed by atoms with Crippen LogP contribution in [0.2, 0.25) is 0 Å². The van der Waals surface area contributed by atoms with Gasteiger partial charge in [-0.25, -0.2) is 0 Å². The summed E-state index contributed by atoms with van der Waals surface area (Å²) in [5, 5.41) is 9.10. The minimum absolute atomic E-state index is 0.0160. The van der Waals surface area contributed by atoms with Gasteiger partial charge in [0.15, 0.2) is 0 Å². The molecule has 1 aliphatic heterocycles. The van der Waals surface area contributed by atoms with Gasteiger partial charge in [0.2, 0.25) is 11.8 Å². The molecule has 0 bridgehead atoms. The number of rotatable bonds is 2. The first-order valence-corrected chi connectivity index (χ1v) is 6.54. The van der Waals surface area contributed by atoms with Crippen molar-refractivity contribution < 1.29 is 19.5 Å². The van der Waals surface area contributed by atoms with E-state index in [-0.39, 0.29) is 11.8 Å². The fourth-order valence-corrected chi connectivity index (χ4v) is 3.00. The van der Waals surface area contributed by atoms with Crippen LogP contribution in [0.25, 0.3) is 0 Å². The monoisotopic (exact) mass is 268 g/mol. The van der Waals surface area contributed by atoms with Crippen molar-refractivity contribution in [3.8, 4) is 0 Å². The summed E-state index contributed by atoms with van der Waals surface area (Å²) in [6, 6.07) is 0. The van der Waals surface area contributed by atoms with Crippen molar-refractivity contribution in [3.05, 3.63) is 0 Å². The number of piperazine rings is 1. The molecular formula is C13H20N2O4. The maximum atomic E-state index is 12.3. The van der Waals surface area contributed by atoms with E-state index in [4.69, 9.17) is 5.11 Å². The van der Waals surface area contributed by atoms with Crippen molar-refractivity contribution in [1.82, 2.24) is 9.80 Å². The zero-order chi connectivity index (χ0) is 14.4. The summed E-state index contributed by atoms with van der Waals surface area (Å²) in [7, 11) is 0. The van der Waals surface area contributed by atoms with Gasteiger partial charge < -0.3 is 14.9 Å². The van der Waals surface area contributed by atoms with E-state index in [1.165, 1.54) is 6.92 Å². The predicted octanol–water partition coefficient (Wildman–Crippen LogP) is 0.0339. The van der Waals surface area contributed by atoms with Crippen molar-refractivity contribution in [2.75, 3.05) is 26.2 Å². The molecular weight excluding hydrogens is 248 g/mol. The molecule has 1 saturated heterocycles. The molecule has 19 heavy (non-hydrogen) atoms. The van der Waals surface area contributed by atoms with Crippen LogP contribution in [0.1, 0.15) is 20.8 Å². The lowest BCUT2D eigenvalue weighted by Crippen LogP contribution is -2.50. The SMILES string of the molecule is CC(=O)N1CCN(C(=O)[C@H]2[C@@H](C(=O)O)C2(C)C)CC1. The van der Waals surface area contributed by atoms with Crippen LogP contribution in [0.3, 0.4) is 0 Å². The lowest BCUT2D eigenvalue weighted by molar-refractivity contribution is -0.143. The summed E-state index contributed by atoms with van der Waals surface area (Å²) in [5.41, 5.74) is -0.458. The van der Waals surface area contributed by atoms with Gasteiger partial charge in [-0.15, -0.1) is 0 Å². The summed E-state index contributed by atoms with van der Waals surface area (Å²) in [6.45, 7) is 7.22. The minimum Gasteiger partial charge on any atom is -0.481 e. The molecule has 2 rings (SSSR count). The van der Waals surface area contributed by atoms with Gasteiger partial charge in [0, 0.05) is 33.1 Å². The van der Waals surface area contributed by atoms with E-state index in [2.05, 4.69) is 0 Å². The Morgan fingerprint density at radius 3 is 1.84 bits per heavy atom. The van der Waals surface area contributed by atoms with Gasteiger partial charge in [-0.1, -0.05) is 13.8 Å². The van der Waals surface area contributed by atoms with Crippen LogP contribution in [0.4, 0.5) is 0 Å². The molecule has 2 atom stereocenters. The topological polar surface area (TPSA) is 77.9 Å².